The van der Waals surface area contributed by atoms with E-state index in [1.165, 1.54) is 12.1 Å². The Hall–Kier alpha value is -3.52. The van der Waals surface area contributed by atoms with Gasteiger partial charge in [-0.1, -0.05) is 24.3 Å². The summed E-state index contributed by atoms with van der Waals surface area (Å²) in [6.07, 6.45) is 0. The zero-order valence-corrected chi connectivity index (χ0v) is 19.5. The van der Waals surface area contributed by atoms with E-state index in [1.807, 2.05) is 25.1 Å². The summed E-state index contributed by atoms with van der Waals surface area (Å²) in [6.45, 7) is 4.43. The van der Waals surface area contributed by atoms with E-state index >= 15 is 0 Å². The van der Waals surface area contributed by atoms with Gasteiger partial charge in [0.05, 0.1) is 12.0 Å². The van der Waals surface area contributed by atoms with Crippen LogP contribution in [0, 0.1) is 6.92 Å². The molecule has 3 aromatic rings. The number of rotatable bonds is 6. The number of amides is 1. The molecule has 0 atom stereocenters. The number of methoxy groups -OCH3 is 1. The molecule has 3 aromatic carbocycles. The molecule has 0 unspecified atom stereocenters. The number of nitrogens with one attached hydrogen (secondary N) is 1. The lowest BCUT2D eigenvalue weighted by molar-refractivity contribution is 0.0746. The average molecular weight is 466 g/mol. The third-order valence-electron chi connectivity index (χ3n) is 5.78. The molecular formula is C25H27N3O4S. The third-order valence-corrected chi connectivity index (χ3v) is 7.16. The quantitative estimate of drug-likeness (QED) is 0.600. The first-order valence-corrected chi connectivity index (χ1v) is 12.2. The van der Waals surface area contributed by atoms with Gasteiger partial charge in [0.1, 0.15) is 5.75 Å². The van der Waals surface area contributed by atoms with Gasteiger partial charge in [-0.15, -0.1) is 0 Å². The van der Waals surface area contributed by atoms with Crippen LogP contribution in [0.3, 0.4) is 0 Å². The van der Waals surface area contributed by atoms with Crippen LogP contribution in [0.4, 0.5) is 11.4 Å². The Kier molecular flexibility index (Phi) is 6.55. The lowest BCUT2D eigenvalue weighted by atomic mass is 10.1. The molecule has 1 heterocycles. The second-order valence-electron chi connectivity index (χ2n) is 7.93. The summed E-state index contributed by atoms with van der Waals surface area (Å²) in [7, 11) is -2.30. The summed E-state index contributed by atoms with van der Waals surface area (Å²) in [6, 6.07) is 21.4. The number of nitrogens with zero attached hydrogens (tertiary/aromatic N) is 2. The van der Waals surface area contributed by atoms with Crippen LogP contribution in [0.5, 0.6) is 5.75 Å². The number of carbonyl (C=O) groups excluding carboxylic acids is 1. The number of hydrogen-bond acceptors (Lipinski definition) is 5. The smallest absolute Gasteiger partial charge is 0.261 e. The molecule has 0 aromatic heterocycles. The molecule has 1 aliphatic heterocycles. The fourth-order valence-electron chi connectivity index (χ4n) is 3.85. The Balaban J connectivity index is 1.49. The Labute approximate surface area is 194 Å². The van der Waals surface area contributed by atoms with Crippen LogP contribution in [0.1, 0.15) is 15.9 Å². The largest absolute Gasteiger partial charge is 0.497 e. The molecule has 1 aliphatic rings. The number of para-hydroxylation sites is 1. The molecular weight excluding hydrogens is 438 g/mol. The van der Waals surface area contributed by atoms with Gasteiger partial charge in [-0.2, -0.15) is 0 Å². The van der Waals surface area contributed by atoms with E-state index in [2.05, 4.69) is 21.8 Å². The number of anilines is 2. The summed E-state index contributed by atoms with van der Waals surface area (Å²) in [4.78, 5) is 17.3. The standard InChI is InChI=1S/C25H27N3O4S/c1-19-8-13-23(33(30,31)26-20-9-11-22(32-2)12-10-20)18-24(19)25(29)28-16-14-27(15-17-28)21-6-4-3-5-7-21/h3-13,18,26H,14-17H2,1-2H3. The Bertz CT molecular complexity index is 1220. The van der Waals surface area contributed by atoms with E-state index in [1.54, 1.807) is 42.3 Å². The van der Waals surface area contributed by atoms with Crippen LogP contribution >= 0.6 is 0 Å². The number of aryl methyl sites for hydroxylation is 1. The molecule has 7 nitrogen and oxygen atoms in total. The highest BCUT2D eigenvalue weighted by molar-refractivity contribution is 7.92. The van der Waals surface area contributed by atoms with Gasteiger partial charge >= 0.3 is 0 Å². The topological polar surface area (TPSA) is 78.9 Å². The zero-order chi connectivity index (χ0) is 23.4. The normalized spacial score (nSPS) is 14.1. The minimum absolute atomic E-state index is 0.0511. The van der Waals surface area contributed by atoms with Gasteiger partial charge in [-0.3, -0.25) is 9.52 Å². The van der Waals surface area contributed by atoms with Crippen LogP contribution in [0.2, 0.25) is 0 Å². The van der Waals surface area contributed by atoms with Gasteiger partial charge in [0.2, 0.25) is 0 Å². The molecule has 1 saturated heterocycles. The molecule has 8 heteroatoms. The van der Waals surface area contributed by atoms with Crippen LogP contribution in [-0.2, 0) is 10.0 Å². The molecule has 0 bridgehead atoms. The molecule has 0 saturated carbocycles. The second kappa shape index (κ2) is 9.54. The van der Waals surface area contributed by atoms with Gasteiger partial charge in [0.15, 0.2) is 0 Å². The van der Waals surface area contributed by atoms with Gasteiger partial charge in [0.25, 0.3) is 15.9 Å². The highest BCUT2D eigenvalue weighted by atomic mass is 32.2. The lowest BCUT2D eigenvalue weighted by Gasteiger charge is -2.36. The highest BCUT2D eigenvalue weighted by Gasteiger charge is 2.25. The molecule has 172 valence electrons. The number of ether oxygens (including phenoxy) is 1. The number of sulfonamides is 1. The van der Waals surface area contributed by atoms with Crippen molar-refractivity contribution in [1.29, 1.82) is 0 Å². The SMILES string of the molecule is COc1ccc(NS(=O)(=O)c2ccc(C)c(C(=O)N3CCN(c4ccccc4)CC3)c2)cc1. The van der Waals surface area contributed by atoms with E-state index in [0.29, 0.717) is 30.1 Å². The zero-order valence-electron chi connectivity index (χ0n) is 18.7. The van der Waals surface area contributed by atoms with Crippen molar-refractivity contribution < 1.29 is 17.9 Å². The molecule has 0 spiro atoms. The maximum atomic E-state index is 13.3. The number of piperazine rings is 1. The van der Waals surface area contributed by atoms with Crippen LogP contribution in [0.25, 0.3) is 0 Å². The van der Waals surface area contributed by atoms with Crippen molar-refractivity contribution in [2.75, 3.05) is 42.9 Å². The number of hydrogen-bond donors (Lipinski definition) is 1. The predicted molar refractivity (Wildman–Crippen MR) is 130 cm³/mol. The summed E-state index contributed by atoms with van der Waals surface area (Å²) in [5, 5.41) is 0. The van der Waals surface area contributed by atoms with Crippen LogP contribution in [0.15, 0.2) is 77.7 Å². The van der Waals surface area contributed by atoms with Crippen LogP contribution < -0.4 is 14.4 Å². The Morgan fingerprint density at radius 2 is 1.58 bits per heavy atom. The van der Waals surface area contributed by atoms with E-state index < -0.39 is 10.0 Å². The maximum Gasteiger partial charge on any atom is 0.261 e. The lowest BCUT2D eigenvalue weighted by Crippen LogP contribution is -2.49. The van der Waals surface area contributed by atoms with Crippen molar-refractivity contribution in [1.82, 2.24) is 4.90 Å². The average Bonchev–Trinajstić information content (AvgIpc) is 2.84. The summed E-state index contributed by atoms with van der Waals surface area (Å²) in [5.74, 6) is 0.482. The summed E-state index contributed by atoms with van der Waals surface area (Å²) in [5.41, 5.74) is 2.70. The third kappa shape index (κ3) is 5.12. The molecule has 0 aliphatic carbocycles. The first-order chi connectivity index (χ1) is 15.9. The molecule has 1 fully saturated rings. The summed E-state index contributed by atoms with van der Waals surface area (Å²) >= 11 is 0. The Morgan fingerprint density at radius 3 is 2.21 bits per heavy atom. The highest BCUT2D eigenvalue weighted by Crippen LogP contribution is 2.23. The molecule has 1 amide bonds. The first-order valence-electron chi connectivity index (χ1n) is 10.7. The van der Waals surface area contributed by atoms with Crippen molar-refractivity contribution in [3.8, 4) is 5.75 Å². The molecule has 4 rings (SSSR count). The van der Waals surface area contributed by atoms with Crippen molar-refractivity contribution in [3.05, 3.63) is 83.9 Å². The van der Waals surface area contributed by atoms with Gasteiger partial charge < -0.3 is 14.5 Å². The summed E-state index contributed by atoms with van der Waals surface area (Å²) < 4.78 is 33.6. The van der Waals surface area contributed by atoms with Crippen molar-refractivity contribution in [3.63, 3.8) is 0 Å². The van der Waals surface area contributed by atoms with Crippen LogP contribution in [-0.4, -0.2) is 52.5 Å². The fourth-order valence-corrected chi connectivity index (χ4v) is 4.93. The minimum atomic E-state index is -3.85. The second-order valence-corrected chi connectivity index (χ2v) is 9.61. The molecule has 33 heavy (non-hydrogen) atoms. The van der Waals surface area contributed by atoms with Crippen molar-refractivity contribution in [2.24, 2.45) is 0 Å². The van der Waals surface area contributed by atoms with Gasteiger partial charge in [-0.05, 0) is 61.0 Å². The van der Waals surface area contributed by atoms with Gasteiger partial charge in [-0.25, -0.2) is 8.42 Å². The number of carbonyl (C=O) groups is 1. The Morgan fingerprint density at radius 1 is 0.909 bits per heavy atom. The van der Waals surface area contributed by atoms with E-state index in [0.717, 1.165) is 24.3 Å². The van der Waals surface area contributed by atoms with Gasteiger partial charge in [0, 0.05) is 43.1 Å². The van der Waals surface area contributed by atoms with E-state index in [9.17, 15) is 13.2 Å². The van der Waals surface area contributed by atoms with Crippen molar-refractivity contribution >= 4 is 27.3 Å². The van der Waals surface area contributed by atoms with Crippen molar-refractivity contribution in [2.45, 2.75) is 11.8 Å². The fraction of sp³-hybridized carbons (Fsp3) is 0.240. The van der Waals surface area contributed by atoms with E-state index in [-0.39, 0.29) is 10.8 Å². The molecule has 0 radical (unpaired) electrons. The monoisotopic (exact) mass is 465 g/mol. The minimum Gasteiger partial charge on any atom is -0.497 e. The maximum absolute atomic E-state index is 13.3. The number of benzene rings is 3. The molecule has 1 N–H and O–H groups in total. The van der Waals surface area contributed by atoms with E-state index in [4.69, 9.17) is 4.74 Å². The predicted octanol–water partition coefficient (Wildman–Crippen LogP) is 3.77. The first kappa shape index (κ1) is 22.7.